The van der Waals surface area contributed by atoms with Gasteiger partial charge in [-0.15, -0.1) is 0 Å². The third-order valence-electron chi connectivity index (χ3n) is 5.95. The minimum atomic E-state index is -1.27. The van der Waals surface area contributed by atoms with Crippen molar-refractivity contribution >= 4 is 28.6 Å². The molecule has 7 heteroatoms. The Kier molecular flexibility index (Phi) is 4.50. The normalized spacial score (nSPS) is 23.1. The molecule has 2 fully saturated rings. The van der Waals surface area contributed by atoms with Gasteiger partial charge in [-0.2, -0.15) is 5.26 Å². The number of amides is 4. The van der Waals surface area contributed by atoms with Crippen molar-refractivity contribution in [3.8, 4) is 6.07 Å². The van der Waals surface area contributed by atoms with E-state index in [0.717, 1.165) is 28.5 Å². The van der Waals surface area contributed by atoms with Crippen molar-refractivity contribution in [2.24, 2.45) is 0 Å². The van der Waals surface area contributed by atoms with Crippen LogP contribution in [0, 0.1) is 11.3 Å². The van der Waals surface area contributed by atoms with Crippen LogP contribution >= 0.6 is 0 Å². The number of imide groups is 1. The summed E-state index contributed by atoms with van der Waals surface area (Å²) in [6, 6.07) is 14.8. The maximum atomic E-state index is 13.2. The minimum Gasteiger partial charge on any atom is -0.336 e. The van der Waals surface area contributed by atoms with Crippen LogP contribution in [0.15, 0.2) is 42.5 Å². The molecule has 2 aromatic rings. The van der Waals surface area contributed by atoms with Crippen molar-refractivity contribution in [3.05, 3.63) is 48.0 Å². The van der Waals surface area contributed by atoms with Gasteiger partial charge in [-0.3, -0.25) is 14.5 Å². The molecule has 1 saturated heterocycles. The molecular formula is C22H22N4O3. The Labute approximate surface area is 168 Å². The molecule has 148 valence electrons. The van der Waals surface area contributed by atoms with E-state index in [2.05, 4.69) is 16.7 Å². The van der Waals surface area contributed by atoms with Crippen molar-refractivity contribution in [1.82, 2.24) is 15.5 Å². The molecule has 2 aliphatic rings. The van der Waals surface area contributed by atoms with Gasteiger partial charge in [0.15, 0.2) is 0 Å². The lowest BCUT2D eigenvalue weighted by molar-refractivity contribution is -0.135. The van der Waals surface area contributed by atoms with Crippen LogP contribution in [0.2, 0.25) is 0 Å². The van der Waals surface area contributed by atoms with Gasteiger partial charge in [-0.25, -0.2) is 4.79 Å². The van der Waals surface area contributed by atoms with Crippen LogP contribution in [0.5, 0.6) is 0 Å². The number of urea groups is 1. The molecule has 2 N–H and O–H groups in total. The number of carbonyl (C=O) groups is 3. The number of hydrogen-bond acceptors (Lipinski definition) is 4. The van der Waals surface area contributed by atoms with E-state index in [1.807, 2.05) is 42.5 Å². The highest BCUT2D eigenvalue weighted by molar-refractivity contribution is 6.10. The van der Waals surface area contributed by atoms with E-state index < -0.39 is 35.5 Å². The zero-order valence-corrected chi connectivity index (χ0v) is 16.2. The molecule has 0 unspecified atom stereocenters. The number of carbonyl (C=O) groups excluding carboxylic acids is 3. The molecule has 1 aliphatic heterocycles. The van der Waals surface area contributed by atoms with Crippen LogP contribution in [0.4, 0.5) is 4.79 Å². The van der Waals surface area contributed by atoms with E-state index in [1.54, 1.807) is 6.92 Å². The molecule has 0 aromatic heterocycles. The number of hydrogen-bond donors (Lipinski definition) is 2. The van der Waals surface area contributed by atoms with Gasteiger partial charge < -0.3 is 10.6 Å². The van der Waals surface area contributed by atoms with Crippen molar-refractivity contribution in [2.75, 3.05) is 6.54 Å². The highest BCUT2D eigenvalue weighted by atomic mass is 16.2. The molecule has 0 radical (unpaired) electrons. The Balaban J connectivity index is 1.59. The molecule has 29 heavy (non-hydrogen) atoms. The van der Waals surface area contributed by atoms with Crippen LogP contribution in [0.25, 0.3) is 10.8 Å². The van der Waals surface area contributed by atoms with E-state index in [0.29, 0.717) is 18.4 Å². The summed E-state index contributed by atoms with van der Waals surface area (Å²) in [7, 11) is 0. The average Bonchev–Trinajstić information content (AvgIpc) is 3.27. The summed E-state index contributed by atoms with van der Waals surface area (Å²) in [4.78, 5) is 39.2. The fraction of sp³-hybridized carbons (Fsp3) is 0.364. The molecule has 4 amide bonds. The Morgan fingerprint density at radius 2 is 1.86 bits per heavy atom. The van der Waals surface area contributed by atoms with Crippen molar-refractivity contribution < 1.29 is 14.4 Å². The molecule has 0 spiro atoms. The molecule has 1 aliphatic carbocycles. The van der Waals surface area contributed by atoms with E-state index in [1.165, 1.54) is 0 Å². The van der Waals surface area contributed by atoms with Crippen LogP contribution in [-0.2, 0) is 15.1 Å². The fourth-order valence-electron chi connectivity index (χ4n) is 4.38. The summed E-state index contributed by atoms with van der Waals surface area (Å²) in [5.74, 6) is -0.981. The number of nitrogens with one attached hydrogen (secondary N) is 2. The summed E-state index contributed by atoms with van der Waals surface area (Å²) in [5, 5.41) is 16.8. The first-order valence-electron chi connectivity index (χ1n) is 9.73. The number of rotatable bonds is 4. The predicted molar refractivity (Wildman–Crippen MR) is 106 cm³/mol. The lowest BCUT2D eigenvalue weighted by Crippen LogP contribution is -2.50. The molecule has 2 aromatic carbocycles. The van der Waals surface area contributed by atoms with Gasteiger partial charge in [0, 0.05) is 0 Å². The van der Waals surface area contributed by atoms with Gasteiger partial charge in [0.05, 0.1) is 6.07 Å². The largest absolute Gasteiger partial charge is 0.336 e. The second-order valence-electron chi connectivity index (χ2n) is 7.92. The monoisotopic (exact) mass is 390 g/mol. The Morgan fingerprint density at radius 3 is 2.59 bits per heavy atom. The van der Waals surface area contributed by atoms with Crippen molar-refractivity contribution in [2.45, 2.75) is 43.7 Å². The fourth-order valence-corrected chi connectivity index (χ4v) is 4.38. The maximum absolute atomic E-state index is 13.2. The summed E-state index contributed by atoms with van der Waals surface area (Å²) >= 11 is 0. The first-order valence-corrected chi connectivity index (χ1v) is 9.73. The second kappa shape index (κ2) is 6.89. The van der Waals surface area contributed by atoms with Gasteiger partial charge in [0.25, 0.3) is 5.91 Å². The quantitative estimate of drug-likeness (QED) is 0.783. The first kappa shape index (κ1) is 18.9. The number of nitriles is 1. The predicted octanol–water partition coefficient (Wildman–Crippen LogP) is 2.56. The van der Waals surface area contributed by atoms with Gasteiger partial charge >= 0.3 is 6.03 Å². The number of benzene rings is 2. The van der Waals surface area contributed by atoms with E-state index in [9.17, 15) is 19.6 Å². The standard InChI is InChI=1S/C22H22N4O3/c1-21(17-10-6-8-15-7-2-3-9-16(15)17)19(28)26(20(29)25-21)13-18(27)24-22(14-23)11-4-5-12-22/h2-3,6-10H,4-5,11-13H2,1H3,(H,24,27)(H,25,29)/t21-/m1/s1. The number of fused-ring (bicyclic) bond motifs is 1. The number of nitrogens with zero attached hydrogens (tertiary/aromatic N) is 2. The summed E-state index contributed by atoms with van der Waals surface area (Å²) in [5.41, 5.74) is -1.48. The van der Waals surface area contributed by atoms with Crippen molar-refractivity contribution in [1.29, 1.82) is 5.26 Å². The molecule has 1 atom stereocenters. The third-order valence-corrected chi connectivity index (χ3v) is 5.95. The molecule has 1 saturated carbocycles. The maximum Gasteiger partial charge on any atom is 0.325 e. The third kappa shape index (κ3) is 3.11. The summed E-state index contributed by atoms with van der Waals surface area (Å²) in [6.45, 7) is 1.25. The first-order chi connectivity index (χ1) is 13.9. The van der Waals surface area contributed by atoms with Gasteiger partial charge in [0.1, 0.15) is 17.6 Å². The molecule has 0 bridgehead atoms. The molecular weight excluding hydrogens is 368 g/mol. The highest BCUT2D eigenvalue weighted by Gasteiger charge is 2.50. The second-order valence-corrected chi connectivity index (χ2v) is 7.92. The van der Waals surface area contributed by atoms with Crippen LogP contribution in [-0.4, -0.2) is 34.8 Å². The van der Waals surface area contributed by atoms with Crippen LogP contribution in [0.1, 0.15) is 38.2 Å². The molecule has 4 rings (SSSR count). The van der Waals surface area contributed by atoms with Crippen LogP contribution < -0.4 is 10.6 Å². The van der Waals surface area contributed by atoms with Gasteiger partial charge in [0.2, 0.25) is 5.91 Å². The average molecular weight is 390 g/mol. The van der Waals surface area contributed by atoms with E-state index in [4.69, 9.17) is 0 Å². The summed E-state index contributed by atoms with van der Waals surface area (Å²) < 4.78 is 0. The zero-order chi connectivity index (χ0) is 20.6. The Hall–Kier alpha value is -3.40. The SMILES string of the molecule is C[C@]1(c2cccc3ccccc23)NC(=O)N(CC(=O)NC2(C#N)CCCC2)C1=O. The molecule has 7 nitrogen and oxygen atoms in total. The Bertz CT molecular complexity index is 1050. The van der Waals surface area contributed by atoms with Crippen molar-refractivity contribution in [3.63, 3.8) is 0 Å². The van der Waals surface area contributed by atoms with Gasteiger partial charge in [-0.1, -0.05) is 42.5 Å². The smallest absolute Gasteiger partial charge is 0.325 e. The van der Waals surface area contributed by atoms with Gasteiger partial charge in [-0.05, 0) is 48.9 Å². The van der Waals surface area contributed by atoms with E-state index >= 15 is 0 Å². The lowest BCUT2D eigenvalue weighted by atomic mass is 9.88. The molecule has 1 heterocycles. The highest BCUT2D eigenvalue weighted by Crippen LogP contribution is 2.34. The van der Waals surface area contributed by atoms with E-state index in [-0.39, 0.29) is 0 Å². The van der Waals surface area contributed by atoms with Crippen LogP contribution in [0.3, 0.4) is 0 Å². The Morgan fingerprint density at radius 1 is 1.17 bits per heavy atom. The minimum absolute atomic E-state index is 0.408. The zero-order valence-electron chi connectivity index (χ0n) is 16.2. The lowest BCUT2D eigenvalue weighted by Gasteiger charge is -2.25. The summed E-state index contributed by atoms with van der Waals surface area (Å²) in [6.07, 6.45) is 2.92. The topological polar surface area (TPSA) is 102 Å².